The van der Waals surface area contributed by atoms with E-state index in [1.54, 1.807) is 18.7 Å². The molecule has 2 unspecified atom stereocenters. The van der Waals surface area contributed by atoms with Gasteiger partial charge in [-0.2, -0.15) is 13.2 Å². The predicted octanol–water partition coefficient (Wildman–Crippen LogP) is 3.18. The first-order chi connectivity index (χ1) is 10.2. The molecule has 122 valence electrons. The van der Waals surface area contributed by atoms with E-state index < -0.39 is 11.7 Å². The third-order valence-corrected chi connectivity index (χ3v) is 4.08. The van der Waals surface area contributed by atoms with Gasteiger partial charge < -0.3 is 10.6 Å². The van der Waals surface area contributed by atoms with Crippen LogP contribution < -0.4 is 5.73 Å². The molecule has 6 heteroatoms. The number of rotatable bonds is 5. The van der Waals surface area contributed by atoms with Gasteiger partial charge in [0.05, 0.1) is 11.5 Å². The molecule has 0 heterocycles. The van der Waals surface area contributed by atoms with Crippen LogP contribution in [0.2, 0.25) is 0 Å². The molecule has 0 aliphatic heterocycles. The van der Waals surface area contributed by atoms with Crippen molar-refractivity contribution in [3.63, 3.8) is 0 Å². The van der Waals surface area contributed by atoms with E-state index in [2.05, 4.69) is 0 Å². The van der Waals surface area contributed by atoms with Crippen LogP contribution in [0.4, 0.5) is 13.2 Å². The van der Waals surface area contributed by atoms with Gasteiger partial charge in [-0.05, 0) is 37.5 Å². The van der Waals surface area contributed by atoms with Gasteiger partial charge in [-0.3, -0.25) is 4.79 Å². The maximum Gasteiger partial charge on any atom is 0.416 e. The topological polar surface area (TPSA) is 46.3 Å². The summed E-state index contributed by atoms with van der Waals surface area (Å²) >= 11 is 0. The van der Waals surface area contributed by atoms with Crippen molar-refractivity contribution in [2.24, 2.45) is 11.7 Å². The lowest BCUT2D eigenvalue weighted by Gasteiger charge is -2.27. The van der Waals surface area contributed by atoms with Gasteiger partial charge in [0.15, 0.2) is 0 Å². The van der Waals surface area contributed by atoms with Crippen molar-refractivity contribution in [2.45, 2.75) is 51.5 Å². The van der Waals surface area contributed by atoms with E-state index in [-0.39, 0.29) is 23.9 Å². The first-order valence-electron chi connectivity index (χ1n) is 7.42. The van der Waals surface area contributed by atoms with Gasteiger partial charge in [-0.25, -0.2) is 0 Å². The van der Waals surface area contributed by atoms with E-state index in [4.69, 9.17) is 5.73 Å². The number of hydrogen-bond acceptors (Lipinski definition) is 2. The van der Waals surface area contributed by atoms with Crippen molar-refractivity contribution < 1.29 is 18.0 Å². The largest absolute Gasteiger partial charge is 0.416 e. The predicted molar refractivity (Wildman–Crippen MR) is 77.8 cm³/mol. The van der Waals surface area contributed by atoms with Gasteiger partial charge in [0, 0.05) is 18.6 Å². The second-order valence-electron chi connectivity index (χ2n) is 6.04. The van der Waals surface area contributed by atoms with Gasteiger partial charge in [-0.15, -0.1) is 0 Å². The zero-order valence-corrected chi connectivity index (χ0v) is 12.7. The normalized spacial score (nSPS) is 17.9. The van der Waals surface area contributed by atoms with Crippen molar-refractivity contribution in [3.8, 4) is 0 Å². The van der Waals surface area contributed by atoms with Gasteiger partial charge in [-0.1, -0.05) is 19.1 Å². The molecule has 0 bridgehead atoms. The zero-order chi connectivity index (χ0) is 16.5. The molecule has 1 aliphatic carbocycles. The Morgan fingerprint density at radius 3 is 2.23 bits per heavy atom. The van der Waals surface area contributed by atoms with Crippen LogP contribution in [0.1, 0.15) is 37.8 Å². The van der Waals surface area contributed by atoms with Gasteiger partial charge in [0.25, 0.3) is 0 Å². The van der Waals surface area contributed by atoms with Crippen LogP contribution in [-0.4, -0.2) is 22.9 Å². The molecule has 1 fully saturated rings. The fraction of sp³-hybridized carbons (Fsp3) is 0.562. The third kappa shape index (κ3) is 4.00. The summed E-state index contributed by atoms with van der Waals surface area (Å²) in [6.45, 7) is 3.90. The SMILES string of the molecule is CC(N)C(C)C(=O)N(Cc1ccc(C(F)(F)F)cc1)C1CC1. The molecule has 0 radical (unpaired) electrons. The Balaban J connectivity index is 2.10. The summed E-state index contributed by atoms with van der Waals surface area (Å²) in [7, 11) is 0. The van der Waals surface area contributed by atoms with Gasteiger partial charge in [0.2, 0.25) is 5.91 Å². The Labute approximate surface area is 128 Å². The highest BCUT2D eigenvalue weighted by molar-refractivity contribution is 5.79. The molecule has 1 saturated carbocycles. The first-order valence-corrected chi connectivity index (χ1v) is 7.42. The Morgan fingerprint density at radius 1 is 1.27 bits per heavy atom. The lowest BCUT2D eigenvalue weighted by atomic mass is 10.0. The standard InChI is InChI=1S/C16H21F3N2O/c1-10(11(2)20)15(22)21(14-7-8-14)9-12-3-5-13(6-4-12)16(17,18)19/h3-6,10-11,14H,7-9,20H2,1-2H3. The zero-order valence-electron chi connectivity index (χ0n) is 12.7. The average molecular weight is 314 g/mol. The van der Waals surface area contributed by atoms with Crippen LogP contribution in [0, 0.1) is 5.92 Å². The van der Waals surface area contributed by atoms with E-state index in [9.17, 15) is 18.0 Å². The summed E-state index contributed by atoms with van der Waals surface area (Å²) in [5, 5.41) is 0. The Kier molecular flexibility index (Phi) is 4.80. The smallest absolute Gasteiger partial charge is 0.335 e. The lowest BCUT2D eigenvalue weighted by Crippen LogP contribution is -2.42. The molecule has 2 atom stereocenters. The summed E-state index contributed by atoms with van der Waals surface area (Å²) < 4.78 is 37.7. The number of halogens is 3. The highest BCUT2D eigenvalue weighted by Gasteiger charge is 2.35. The van der Waals surface area contributed by atoms with Crippen molar-refractivity contribution in [2.75, 3.05) is 0 Å². The van der Waals surface area contributed by atoms with Crippen LogP contribution in [0.5, 0.6) is 0 Å². The average Bonchev–Trinajstić information content (AvgIpc) is 3.27. The fourth-order valence-corrected chi connectivity index (χ4v) is 2.26. The van der Waals surface area contributed by atoms with Crippen LogP contribution in [0.3, 0.4) is 0 Å². The number of benzene rings is 1. The number of alkyl halides is 3. The number of amides is 1. The summed E-state index contributed by atoms with van der Waals surface area (Å²) in [4.78, 5) is 14.2. The molecular formula is C16H21F3N2O. The molecule has 0 aromatic heterocycles. The molecule has 22 heavy (non-hydrogen) atoms. The molecule has 2 N–H and O–H groups in total. The van der Waals surface area contributed by atoms with Gasteiger partial charge in [0.1, 0.15) is 0 Å². The number of hydrogen-bond donors (Lipinski definition) is 1. The third-order valence-electron chi connectivity index (χ3n) is 4.08. The molecular weight excluding hydrogens is 293 g/mol. The Bertz CT molecular complexity index is 521. The number of carbonyl (C=O) groups excluding carboxylic acids is 1. The van der Waals surface area contributed by atoms with Gasteiger partial charge >= 0.3 is 6.18 Å². The van der Waals surface area contributed by atoms with E-state index in [0.717, 1.165) is 25.0 Å². The highest BCUT2D eigenvalue weighted by atomic mass is 19.4. The van der Waals surface area contributed by atoms with E-state index in [1.807, 2.05) is 0 Å². The number of nitrogens with two attached hydrogens (primary N) is 1. The Hall–Kier alpha value is -1.56. The molecule has 1 aromatic rings. The van der Waals surface area contributed by atoms with Crippen molar-refractivity contribution >= 4 is 5.91 Å². The highest BCUT2D eigenvalue weighted by Crippen LogP contribution is 2.32. The van der Waals surface area contributed by atoms with E-state index in [0.29, 0.717) is 12.1 Å². The van der Waals surface area contributed by atoms with Crippen LogP contribution in [-0.2, 0) is 17.5 Å². The quantitative estimate of drug-likeness (QED) is 0.907. The van der Waals surface area contributed by atoms with Crippen molar-refractivity contribution in [3.05, 3.63) is 35.4 Å². The molecule has 0 saturated heterocycles. The maximum absolute atomic E-state index is 12.6. The van der Waals surface area contributed by atoms with Crippen LogP contribution in [0.15, 0.2) is 24.3 Å². The fourth-order valence-electron chi connectivity index (χ4n) is 2.26. The second kappa shape index (κ2) is 6.28. The summed E-state index contributed by atoms with van der Waals surface area (Å²) in [6, 6.07) is 4.92. The van der Waals surface area contributed by atoms with E-state index >= 15 is 0 Å². The minimum atomic E-state index is -4.34. The molecule has 1 aliphatic rings. The Morgan fingerprint density at radius 2 is 1.82 bits per heavy atom. The maximum atomic E-state index is 12.6. The lowest BCUT2D eigenvalue weighted by molar-refractivity contribution is -0.138. The van der Waals surface area contributed by atoms with Crippen LogP contribution in [0.25, 0.3) is 0 Å². The minimum Gasteiger partial charge on any atom is -0.335 e. The summed E-state index contributed by atoms with van der Waals surface area (Å²) in [6.07, 6.45) is -2.45. The first kappa shape index (κ1) is 16.8. The van der Waals surface area contributed by atoms with Crippen molar-refractivity contribution in [1.29, 1.82) is 0 Å². The molecule has 1 aromatic carbocycles. The molecule has 1 amide bonds. The van der Waals surface area contributed by atoms with E-state index in [1.165, 1.54) is 12.1 Å². The molecule has 0 spiro atoms. The van der Waals surface area contributed by atoms with Crippen LogP contribution >= 0.6 is 0 Å². The number of carbonyl (C=O) groups is 1. The minimum absolute atomic E-state index is 0.0302. The monoisotopic (exact) mass is 314 g/mol. The molecule has 2 rings (SSSR count). The number of nitrogens with zero attached hydrogens (tertiary/aromatic N) is 1. The second-order valence-corrected chi connectivity index (χ2v) is 6.04. The molecule has 3 nitrogen and oxygen atoms in total. The summed E-state index contributed by atoms with van der Waals surface area (Å²) in [5.41, 5.74) is 5.81. The summed E-state index contributed by atoms with van der Waals surface area (Å²) in [5.74, 6) is -0.326. The van der Waals surface area contributed by atoms with Crippen molar-refractivity contribution in [1.82, 2.24) is 4.90 Å².